The zero-order valence-electron chi connectivity index (χ0n) is 9.70. The minimum absolute atomic E-state index is 0.0577. The van der Waals surface area contributed by atoms with Crippen molar-refractivity contribution in [3.05, 3.63) is 35.9 Å². The smallest absolute Gasteiger partial charge is 0.334 e. The van der Waals surface area contributed by atoms with Crippen LogP contribution in [0.1, 0.15) is 37.9 Å². The average Bonchev–Trinajstić information content (AvgIpc) is 2.35. The van der Waals surface area contributed by atoms with Gasteiger partial charge in [-0.3, -0.25) is 4.79 Å². The first-order valence-electron chi connectivity index (χ1n) is 5.64. The lowest BCUT2D eigenvalue weighted by molar-refractivity contribution is -0.161. The fourth-order valence-electron chi connectivity index (χ4n) is 1.50. The third kappa shape index (κ3) is 3.33. The first-order valence-corrected chi connectivity index (χ1v) is 5.64. The maximum Gasteiger partial charge on any atom is 0.334 e. The predicted molar refractivity (Wildman–Crippen MR) is 60.9 cm³/mol. The van der Waals surface area contributed by atoms with Crippen LogP contribution in [0.25, 0.3) is 0 Å². The molecule has 0 fully saturated rings. The molecule has 2 nitrogen and oxygen atoms in total. The molecule has 0 heterocycles. The van der Waals surface area contributed by atoms with Gasteiger partial charge in [0.2, 0.25) is 5.78 Å². The number of hydrogen-bond donors (Lipinski definition) is 1. The van der Waals surface area contributed by atoms with Crippen LogP contribution in [0.4, 0.5) is 8.78 Å². The van der Waals surface area contributed by atoms with Gasteiger partial charge < -0.3 is 5.11 Å². The summed E-state index contributed by atoms with van der Waals surface area (Å²) < 4.78 is 27.2. The van der Waals surface area contributed by atoms with Gasteiger partial charge in [-0.15, -0.1) is 0 Å². The normalized spacial score (nSPS) is 13.4. The molecule has 4 heteroatoms. The van der Waals surface area contributed by atoms with Crippen molar-refractivity contribution in [3.63, 3.8) is 0 Å². The van der Waals surface area contributed by atoms with Crippen LogP contribution in [0.15, 0.2) is 30.3 Å². The maximum atomic E-state index is 13.6. The number of aliphatic hydroxyl groups excluding tert-OH is 1. The van der Waals surface area contributed by atoms with Gasteiger partial charge in [0.05, 0.1) is 0 Å². The molecule has 1 N–H and O–H groups in total. The van der Waals surface area contributed by atoms with E-state index in [9.17, 15) is 18.7 Å². The molecular formula is C13H16F2O2. The molecule has 94 valence electrons. The van der Waals surface area contributed by atoms with E-state index in [0.717, 1.165) is 0 Å². The number of carbonyl (C=O) groups is 1. The largest absolute Gasteiger partial charge is 0.382 e. The number of carbonyl (C=O) groups excluding carboxylic acids is 1. The number of hydrogen-bond acceptors (Lipinski definition) is 2. The summed E-state index contributed by atoms with van der Waals surface area (Å²) in [5.41, 5.74) is 0.0577. The fourth-order valence-corrected chi connectivity index (χ4v) is 1.50. The van der Waals surface area contributed by atoms with Crippen LogP contribution in [0.3, 0.4) is 0 Å². The van der Waals surface area contributed by atoms with Crippen LogP contribution in [-0.2, 0) is 4.79 Å². The number of ketones is 1. The number of halogens is 2. The van der Waals surface area contributed by atoms with Crippen LogP contribution in [0.5, 0.6) is 0 Å². The summed E-state index contributed by atoms with van der Waals surface area (Å²) in [4.78, 5) is 11.3. The third-order valence-electron chi connectivity index (χ3n) is 2.59. The molecule has 0 aliphatic carbocycles. The lowest BCUT2D eigenvalue weighted by Gasteiger charge is -2.21. The zero-order valence-corrected chi connectivity index (χ0v) is 9.70. The molecule has 0 aliphatic heterocycles. The molecular weight excluding hydrogens is 226 g/mol. The molecule has 1 rings (SSSR count). The van der Waals surface area contributed by atoms with E-state index in [4.69, 9.17) is 0 Å². The number of rotatable bonds is 6. The summed E-state index contributed by atoms with van der Waals surface area (Å²) in [6.07, 6.45) is -1.18. The minimum atomic E-state index is -3.71. The molecule has 0 saturated carbocycles. The van der Waals surface area contributed by atoms with E-state index in [1.807, 2.05) is 6.92 Å². The van der Waals surface area contributed by atoms with E-state index in [2.05, 4.69) is 0 Å². The zero-order chi connectivity index (χ0) is 12.9. The molecule has 0 saturated heterocycles. The summed E-state index contributed by atoms with van der Waals surface area (Å²) in [6.45, 7) is 1.82. The third-order valence-corrected chi connectivity index (χ3v) is 2.59. The van der Waals surface area contributed by atoms with Gasteiger partial charge in [-0.25, -0.2) is 0 Å². The van der Waals surface area contributed by atoms with Crippen LogP contribution >= 0.6 is 0 Å². The topological polar surface area (TPSA) is 37.3 Å². The van der Waals surface area contributed by atoms with Gasteiger partial charge in [0, 0.05) is 6.42 Å². The van der Waals surface area contributed by atoms with E-state index in [0.29, 0.717) is 12.8 Å². The summed E-state index contributed by atoms with van der Waals surface area (Å²) >= 11 is 0. The van der Waals surface area contributed by atoms with E-state index in [1.54, 1.807) is 18.2 Å². The molecule has 0 amide bonds. The molecule has 0 radical (unpaired) electrons. The molecule has 0 aliphatic rings. The van der Waals surface area contributed by atoms with Crippen molar-refractivity contribution in [3.8, 4) is 0 Å². The van der Waals surface area contributed by atoms with Crippen molar-refractivity contribution in [1.82, 2.24) is 0 Å². The minimum Gasteiger partial charge on any atom is -0.382 e. The summed E-state index contributed by atoms with van der Waals surface area (Å²) in [5.74, 6) is -4.91. The fraction of sp³-hybridized carbons (Fsp3) is 0.462. The average molecular weight is 242 g/mol. The van der Waals surface area contributed by atoms with Crippen molar-refractivity contribution in [2.45, 2.75) is 38.2 Å². The second kappa shape index (κ2) is 5.87. The standard InChI is InChI=1S/C13H16F2O2/c1-2-3-9-11(16)13(14,15)12(17)10-7-5-4-6-8-10/h4-8,12,17H,2-3,9H2,1H3. The molecule has 0 aromatic heterocycles. The van der Waals surface area contributed by atoms with Gasteiger partial charge >= 0.3 is 5.92 Å². The van der Waals surface area contributed by atoms with E-state index < -0.39 is 17.8 Å². The Hall–Kier alpha value is -1.29. The summed E-state index contributed by atoms with van der Waals surface area (Å²) in [7, 11) is 0. The second-order valence-electron chi connectivity index (χ2n) is 3.96. The van der Waals surface area contributed by atoms with E-state index in [-0.39, 0.29) is 12.0 Å². The predicted octanol–water partition coefficient (Wildman–Crippen LogP) is 3.11. The summed E-state index contributed by atoms with van der Waals surface area (Å²) in [6, 6.07) is 7.51. The highest BCUT2D eigenvalue weighted by Crippen LogP contribution is 2.33. The Morgan fingerprint density at radius 3 is 2.47 bits per heavy atom. The van der Waals surface area contributed by atoms with E-state index >= 15 is 0 Å². The number of alkyl halides is 2. The van der Waals surface area contributed by atoms with Crippen LogP contribution in [-0.4, -0.2) is 16.8 Å². The molecule has 0 bridgehead atoms. The van der Waals surface area contributed by atoms with Crippen molar-refractivity contribution in [1.29, 1.82) is 0 Å². The van der Waals surface area contributed by atoms with Crippen molar-refractivity contribution in [2.75, 3.05) is 0 Å². The Labute approximate surface area is 99.3 Å². The van der Waals surface area contributed by atoms with Gasteiger partial charge in [-0.2, -0.15) is 8.78 Å². The Morgan fingerprint density at radius 1 is 1.35 bits per heavy atom. The Morgan fingerprint density at radius 2 is 1.94 bits per heavy atom. The van der Waals surface area contributed by atoms with Crippen molar-refractivity contribution < 1.29 is 18.7 Å². The van der Waals surface area contributed by atoms with Crippen molar-refractivity contribution >= 4 is 5.78 Å². The lowest BCUT2D eigenvalue weighted by Crippen LogP contribution is -2.35. The highest BCUT2D eigenvalue weighted by atomic mass is 19.3. The number of benzene rings is 1. The highest BCUT2D eigenvalue weighted by molar-refractivity contribution is 5.86. The van der Waals surface area contributed by atoms with Gasteiger partial charge in [-0.05, 0) is 12.0 Å². The number of Topliss-reactive ketones (excluding diaryl/α,β-unsaturated/α-hetero) is 1. The molecule has 1 aromatic carbocycles. The van der Waals surface area contributed by atoms with Crippen molar-refractivity contribution in [2.24, 2.45) is 0 Å². The van der Waals surface area contributed by atoms with Gasteiger partial charge in [0.15, 0.2) is 0 Å². The molecule has 17 heavy (non-hydrogen) atoms. The van der Waals surface area contributed by atoms with Crippen LogP contribution < -0.4 is 0 Å². The maximum absolute atomic E-state index is 13.6. The molecule has 1 aromatic rings. The van der Waals surface area contributed by atoms with E-state index in [1.165, 1.54) is 12.1 Å². The number of aliphatic hydroxyl groups is 1. The Kier molecular flexibility index (Phi) is 4.75. The molecule has 1 unspecified atom stereocenters. The second-order valence-corrected chi connectivity index (χ2v) is 3.96. The molecule has 1 atom stereocenters. The van der Waals surface area contributed by atoms with Gasteiger partial charge in [-0.1, -0.05) is 43.7 Å². The van der Waals surface area contributed by atoms with Gasteiger partial charge in [0.25, 0.3) is 0 Å². The SMILES string of the molecule is CCCCC(=O)C(F)(F)C(O)c1ccccc1. The Bertz CT molecular complexity index is 363. The highest BCUT2D eigenvalue weighted by Gasteiger charge is 2.46. The first kappa shape index (κ1) is 13.8. The Balaban J connectivity index is 2.79. The van der Waals surface area contributed by atoms with Crippen LogP contribution in [0.2, 0.25) is 0 Å². The lowest BCUT2D eigenvalue weighted by atomic mass is 9.98. The molecule has 0 spiro atoms. The summed E-state index contributed by atoms with van der Waals surface area (Å²) in [5, 5.41) is 9.55. The monoisotopic (exact) mass is 242 g/mol. The first-order chi connectivity index (χ1) is 8.00. The van der Waals surface area contributed by atoms with Crippen LogP contribution in [0, 0.1) is 0 Å². The number of unbranched alkanes of at least 4 members (excludes halogenated alkanes) is 1. The quantitative estimate of drug-likeness (QED) is 0.832. The van der Waals surface area contributed by atoms with Gasteiger partial charge in [0.1, 0.15) is 6.10 Å².